The SMILES string of the molecule is CC1C(N)CCC1Cc1ccc(F)cc1F. The molecule has 0 spiro atoms. The molecule has 2 rings (SSSR count). The van der Waals surface area contributed by atoms with E-state index in [1.54, 1.807) is 6.07 Å². The van der Waals surface area contributed by atoms with Gasteiger partial charge >= 0.3 is 0 Å². The van der Waals surface area contributed by atoms with Crippen LogP contribution >= 0.6 is 0 Å². The van der Waals surface area contributed by atoms with Crippen molar-refractivity contribution < 1.29 is 8.78 Å². The molecule has 88 valence electrons. The summed E-state index contributed by atoms with van der Waals surface area (Å²) in [7, 11) is 0. The van der Waals surface area contributed by atoms with Gasteiger partial charge in [0.1, 0.15) is 11.6 Å². The van der Waals surface area contributed by atoms with E-state index < -0.39 is 11.6 Å². The summed E-state index contributed by atoms with van der Waals surface area (Å²) in [6.45, 7) is 2.11. The Labute approximate surface area is 94.7 Å². The van der Waals surface area contributed by atoms with Crippen molar-refractivity contribution >= 4 is 0 Å². The van der Waals surface area contributed by atoms with E-state index in [0.717, 1.165) is 18.9 Å². The molecule has 1 aliphatic carbocycles. The molecule has 1 nitrogen and oxygen atoms in total. The first-order chi connectivity index (χ1) is 7.58. The summed E-state index contributed by atoms with van der Waals surface area (Å²) in [5.41, 5.74) is 6.53. The molecule has 0 heterocycles. The smallest absolute Gasteiger partial charge is 0.129 e. The standard InChI is InChI=1S/C13H17F2N/c1-8-9(3-5-13(8)16)6-10-2-4-11(14)7-12(10)15/h2,4,7-9,13H,3,5-6,16H2,1H3. The third kappa shape index (κ3) is 2.24. The molecule has 1 fully saturated rings. The van der Waals surface area contributed by atoms with Gasteiger partial charge in [0.25, 0.3) is 0 Å². The van der Waals surface area contributed by atoms with Crippen molar-refractivity contribution in [2.45, 2.75) is 32.2 Å². The normalized spacial score (nSPS) is 29.6. The highest BCUT2D eigenvalue weighted by atomic mass is 19.1. The lowest BCUT2D eigenvalue weighted by molar-refractivity contribution is 0.385. The molecule has 1 aliphatic rings. The van der Waals surface area contributed by atoms with Crippen molar-refractivity contribution in [2.75, 3.05) is 0 Å². The molecule has 0 aliphatic heterocycles. The lowest BCUT2D eigenvalue weighted by Gasteiger charge is -2.18. The predicted octanol–water partition coefficient (Wildman–Crippen LogP) is 2.88. The van der Waals surface area contributed by atoms with E-state index in [1.165, 1.54) is 6.07 Å². The third-order valence-corrected chi connectivity index (χ3v) is 3.79. The van der Waals surface area contributed by atoms with E-state index in [-0.39, 0.29) is 6.04 Å². The van der Waals surface area contributed by atoms with Crippen LogP contribution < -0.4 is 5.73 Å². The number of hydrogen-bond acceptors (Lipinski definition) is 1. The Bertz CT molecular complexity index is 378. The highest BCUT2D eigenvalue weighted by Gasteiger charge is 2.30. The van der Waals surface area contributed by atoms with Gasteiger partial charge in [0.2, 0.25) is 0 Å². The first kappa shape index (κ1) is 11.5. The van der Waals surface area contributed by atoms with Crippen LogP contribution in [0.2, 0.25) is 0 Å². The Morgan fingerprint density at radius 2 is 2.06 bits per heavy atom. The number of nitrogens with two attached hydrogens (primary N) is 1. The zero-order chi connectivity index (χ0) is 11.7. The first-order valence-electron chi connectivity index (χ1n) is 5.77. The Morgan fingerprint density at radius 3 is 2.62 bits per heavy atom. The first-order valence-corrected chi connectivity index (χ1v) is 5.77. The highest BCUT2D eigenvalue weighted by molar-refractivity contribution is 5.19. The summed E-state index contributed by atoms with van der Waals surface area (Å²) in [5.74, 6) is -0.107. The van der Waals surface area contributed by atoms with Crippen LogP contribution in [-0.2, 0) is 6.42 Å². The molecule has 16 heavy (non-hydrogen) atoms. The molecule has 3 atom stereocenters. The Balaban J connectivity index is 2.09. The van der Waals surface area contributed by atoms with Crippen molar-refractivity contribution in [1.29, 1.82) is 0 Å². The minimum absolute atomic E-state index is 0.230. The molecular formula is C13H17F2N. The highest BCUT2D eigenvalue weighted by Crippen LogP contribution is 2.33. The Kier molecular flexibility index (Phi) is 3.24. The lowest BCUT2D eigenvalue weighted by Crippen LogP contribution is -2.25. The van der Waals surface area contributed by atoms with Crippen LogP contribution in [0.3, 0.4) is 0 Å². The fraction of sp³-hybridized carbons (Fsp3) is 0.538. The summed E-state index contributed by atoms with van der Waals surface area (Å²) in [4.78, 5) is 0. The molecule has 0 amide bonds. The van der Waals surface area contributed by atoms with Gasteiger partial charge in [-0.25, -0.2) is 8.78 Å². The fourth-order valence-electron chi connectivity index (χ4n) is 2.54. The van der Waals surface area contributed by atoms with Gasteiger partial charge in [0.05, 0.1) is 0 Å². The summed E-state index contributed by atoms with van der Waals surface area (Å²) in [5, 5.41) is 0. The van der Waals surface area contributed by atoms with Crippen molar-refractivity contribution in [3.63, 3.8) is 0 Å². The van der Waals surface area contributed by atoms with Gasteiger partial charge in [0, 0.05) is 12.1 Å². The van der Waals surface area contributed by atoms with E-state index in [2.05, 4.69) is 6.92 Å². The minimum Gasteiger partial charge on any atom is -0.327 e. The average molecular weight is 225 g/mol. The molecule has 1 aromatic carbocycles. The quantitative estimate of drug-likeness (QED) is 0.822. The maximum Gasteiger partial charge on any atom is 0.129 e. The molecule has 0 saturated heterocycles. The van der Waals surface area contributed by atoms with E-state index in [1.807, 2.05) is 0 Å². The maximum absolute atomic E-state index is 13.5. The number of halogens is 2. The van der Waals surface area contributed by atoms with Gasteiger partial charge in [0.15, 0.2) is 0 Å². The van der Waals surface area contributed by atoms with Crippen molar-refractivity contribution in [1.82, 2.24) is 0 Å². The van der Waals surface area contributed by atoms with E-state index in [9.17, 15) is 8.78 Å². The van der Waals surface area contributed by atoms with Crippen molar-refractivity contribution in [3.8, 4) is 0 Å². The van der Waals surface area contributed by atoms with Crippen molar-refractivity contribution in [3.05, 3.63) is 35.4 Å². The average Bonchev–Trinajstić information content (AvgIpc) is 2.54. The van der Waals surface area contributed by atoms with Crippen LogP contribution in [0.15, 0.2) is 18.2 Å². The molecule has 0 radical (unpaired) electrons. The number of benzene rings is 1. The van der Waals surface area contributed by atoms with E-state index in [0.29, 0.717) is 23.8 Å². The molecule has 3 heteroatoms. The van der Waals surface area contributed by atoms with Crippen LogP contribution in [0.25, 0.3) is 0 Å². The third-order valence-electron chi connectivity index (χ3n) is 3.79. The van der Waals surface area contributed by atoms with Crippen LogP contribution in [-0.4, -0.2) is 6.04 Å². The molecular weight excluding hydrogens is 208 g/mol. The molecule has 1 aromatic rings. The molecule has 0 aromatic heterocycles. The molecule has 1 saturated carbocycles. The maximum atomic E-state index is 13.5. The van der Waals surface area contributed by atoms with Crippen molar-refractivity contribution in [2.24, 2.45) is 17.6 Å². The van der Waals surface area contributed by atoms with Gasteiger partial charge in [-0.05, 0) is 42.7 Å². The summed E-state index contributed by atoms with van der Waals surface area (Å²) < 4.78 is 26.2. The van der Waals surface area contributed by atoms with Crippen LogP contribution in [0, 0.1) is 23.5 Å². The zero-order valence-electron chi connectivity index (χ0n) is 9.42. The van der Waals surface area contributed by atoms with Gasteiger partial charge in [-0.3, -0.25) is 0 Å². The summed E-state index contributed by atoms with van der Waals surface area (Å²) >= 11 is 0. The van der Waals surface area contributed by atoms with E-state index >= 15 is 0 Å². The molecule has 2 N–H and O–H groups in total. The second kappa shape index (κ2) is 4.50. The van der Waals surface area contributed by atoms with Crippen LogP contribution in [0.1, 0.15) is 25.3 Å². The fourth-order valence-corrected chi connectivity index (χ4v) is 2.54. The van der Waals surface area contributed by atoms with Crippen LogP contribution in [0.4, 0.5) is 8.78 Å². The van der Waals surface area contributed by atoms with E-state index in [4.69, 9.17) is 5.73 Å². The minimum atomic E-state index is -0.516. The van der Waals surface area contributed by atoms with Gasteiger partial charge in [-0.15, -0.1) is 0 Å². The lowest BCUT2D eigenvalue weighted by atomic mass is 9.89. The number of rotatable bonds is 2. The predicted molar refractivity (Wildman–Crippen MR) is 59.9 cm³/mol. The van der Waals surface area contributed by atoms with Crippen LogP contribution in [0.5, 0.6) is 0 Å². The topological polar surface area (TPSA) is 26.0 Å². The summed E-state index contributed by atoms with van der Waals surface area (Å²) in [6.07, 6.45) is 2.72. The molecule has 0 bridgehead atoms. The largest absolute Gasteiger partial charge is 0.327 e. The zero-order valence-corrected chi connectivity index (χ0v) is 9.42. The van der Waals surface area contributed by atoms with Gasteiger partial charge in [-0.2, -0.15) is 0 Å². The van der Waals surface area contributed by atoms with Gasteiger partial charge < -0.3 is 5.73 Å². The Morgan fingerprint density at radius 1 is 1.31 bits per heavy atom. The van der Waals surface area contributed by atoms with Gasteiger partial charge in [-0.1, -0.05) is 13.0 Å². The second-order valence-electron chi connectivity index (χ2n) is 4.80. The Hall–Kier alpha value is -0.960. The number of hydrogen-bond donors (Lipinski definition) is 1. The molecule has 3 unspecified atom stereocenters. The second-order valence-corrected chi connectivity index (χ2v) is 4.80. The monoisotopic (exact) mass is 225 g/mol. The summed E-state index contributed by atoms with van der Waals surface area (Å²) in [6, 6.07) is 4.04.